The van der Waals surface area contributed by atoms with E-state index in [0.717, 1.165) is 13.0 Å². The van der Waals surface area contributed by atoms with E-state index in [1.807, 2.05) is 0 Å². The third kappa shape index (κ3) is 1.86. The molecule has 1 aromatic heterocycles. The Morgan fingerprint density at radius 1 is 1.69 bits per heavy atom. The maximum Gasteiger partial charge on any atom is 0.327 e. The molecule has 0 spiro atoms. The molecule has 0 aliphatic carbocycles. The zero-order valence-electron chi connectivity index (χ0n) is 7.14. The molecule has 1 atom stereocenters. The average Bonchev–Trinajstić information content (AvgIpc) is 2.74. The van der Waals surface area contributed by atoms with Crippen LogP contribution in [0.3, 0.4) is 0 Å². The Kier molecular flexibility index (Phi) is 2.27. The van der Waals surface area contributed by atoms with Gasteiger partial charge in [-0.15, -0.1) is 0 Å². The molecule has 1 aliphatic rings. The number of hydrogen-bond acceptors (Lipinski definition) is 3. The van der Waals surface area contributed by atoms with Crippen LogP contribution in [0.5, 0.6) is 0 Å². The summed E-state index contributed by atoms with van der Waals surface area (Å²) in [7, 11) is 0. The summed E-state index contributed by atoms with van der Waals surface area (Å²) in [5, 5.41) is 2.84. The van der Waals surface area contributed by atoms with Crippen LogP contribution in [-0.4, -0.2) is 34.8 Å². The van der Waals surface area contributed by atoms with Crippen LogP contribution in [0.4, 0.5) is 4.79 Å². The first-order valence-corrected chi connectivity index (χ1v) is 4.23. The monoisotopic (exact) mass is 181 g/mol. The van der Waals surface area contributed by atoms with E-state index in [1.54, 1.807) is 12.4 Å². The molecule has 1 unspecified atom stereocenters. The van der Waals surface area contributed by atoms with E-state index < -0.39 is 0 Å². The number of hydrogen-bond donors (Lipinski definition) is 1. The van der Waals surface area contributed by atoms with Gasteiger partial charge in [0, 0.05) is 19.0 Å². The molecule has 0 radical (unpaired) electrons. The summed E-state index contributed by atoms with van der Waals surface area (Å²) in [5.41, 5.74) is 0. The highest BCUT2D eigenvalue weighted by Crippen LogP contribution is 2.03. The molecule has 1 aromatic rings. The van der Waals surface area contributed by atoms with Gasteiger partial charge < -0.3 is 10.1 Å². The third-order valence-electron chi connectivity index (χ3n) is 2.00. The molecule has 1 fully saturated rings. The van der Waals surface area contributed by atoms with Crippen molar-refractivity contribution in [1.29, 1.82) is 0 Å². The van der Waals surface area contributed by atoms with Gasteiger partial charge >= 0.3 is 6.03 Å². The molecule has 13 heavy (non-hydrogen) atoms. The molecule has 5 heteroatoms. The maximum atomic E-state index is 11.4. The van der Waals surface area contributed by atoms with Crippen LogP contribution in [0.2, 0.25) is 0 Å². The minimum absolute atomic E-state index is 0.145. The number of amides is 1. The third-order valence-corrected chi connectivity index (χ3v) is 2.00. The summed E-state index contributed by atoms with van der Waals surface area (Å²) in [6.07, 6.45) is 5.56. The number of imidazole rings is 1. The van der Waals surface area contributed by atoms with Crippen LogP contribution in [0.1, 0.15) is 6.42 Å². The molecule has 1 amide bonds. The normalized spacial score (nSPS) is 21.7. The fourth-order valence-electron chi connectivity index (χ4n) is 1.28. The molecule has 0 saturated carbocycles. The summed E-state index contributed by atoms with van der Waals surface area (Å²) in [5.74, 6) is 0. The van der Waals surface area contributed by atoms with E-state index in [1.165, 1.54) is 10.9 Å². The largest absolute Gasteiger partial charge is 0.379 e. The van der Waals surface area contributed by atoms with Crippen LogP contribution < -0.4 is 5.32 Å². The Bertz CT molecular complexity index is 278. The van der Waals surface area contributed by atoms with Crippen LogP contribution in [0, 0.1) is 0 Å². The van der Waals surface area contributed by atoms with E-state index in [-0.39, 0.29) is 12.1 Å². The molecule has 2 heterocycles. The van der Waals surface area contributed by atoms with Crippen molar-refractivity contribution >= 4 is 6.03 Å². The molecule has 1 saturated heterocycles. The predicted molar refractivity (Wildman–Crippen MR) is 45.4 cm³/mol. The number of nitrogens with zero attached hydrogens (tertiary/aromatic N) is 2. The molecule has 5 nitrogen and oxygen atoms in total. The molecule has 1 N–H and O–H groups in total. The zero-order valence-corrected chi connectivity index (χ0v) is 7.14. The van der Waals surface area contributed by atoms with Crippen molar-refractivity contribution in [3.05, 3.63) is 18.7 Å². The standard InChI is InChI=1S/C8H11N3O2/c12-8(11-3-2-9-6-11)10-7-1-4-13-5-7/h2-3,6-7H,1,4-5H2,(H,10,12). The van der Waals surface area contributed by atoms with Crippen molar-refractivity contribution in [1.82, 2.24) is 14.9 Å². The molecule has 0 bridgehead atoms. The van der Waals surface area contributed by atoms with Crippen LogP contribution in [0.25, 0.3) is 0 Å². The maximum absolute atomic E-state index is 11.4. The lowest BCUT2D eigenvalue weighted by Gasteiger charge is -2.09. The highest BCUT2D eigenvalue weighted by molar-refractivity contribution is 5.76. The fourth-order valence-corrected chi connectivity index (χ4v) is 1.28. The summed E-state index contributed by atoms with van der Waals surface area (Å²) in [6, 6.07) is 0.00269. The van der Waals surface area contributed by atoms with E-state index in [9.17, 15) is 4.79 Å². The van der Waals surface area contributed by atoms with Crippen molar-refractivity contribution < 1.29 is 9.53 Å². The van der Waals surface area contributed by atoms with Crippen molar-refractivity contribution in [2.45, 2.75) is 12.5 Å². The first kappa shape index (κ1) is 8.25. The van der Waals surface area contributed by atoms with Gasteiger partial charge in [0.15, 0.2) is 0 Å². The minimum atomic E-state index is -0.145. The SMILES string of the molecule is O=C(NC1CCOC1)n1ccnc1. The lowest BCUT2D eigenvalue weighted by Crippen LogP contribution is -2.37. The van der Waals surface area contributed by atoms with Gasteiger partial charge in [-0.25, -0.2) is 9.78 Å². The van der Waals surface area contributed by atoms with Gasteiger partial charge in [0.25, 0.3) is 0 Å². The van der Waals surface area contributed by atoms with Gasteiger partial charge in [0.1, 0.15) is 6.33 Å². The van der Waals surface area contributed by atoms with Crippen molar-refractivity contribution in [3.8, 4) is 0 Å². The second kappa shape index (κ2) is 3.57. The Labute approximate surface area is 75.7 Å². The smallest absolute Gasteiger partial charge is 0.327 e. The lowest BCUT2D eigenvalue weighted by molar-refractivity contribution is 0.188. The summed E-state index contributed by atoms with van der Waals surface area (Å²) in [4.78, 5) is 15.2. The zero-order chi connectivity index (χ0) is 9.10. The quantitative estimate of drug-likeness (QED) is 0.674. The lowest BCUT2D eigenvalue weighted by atomic mass is 10.3. The van der Waals surface area contributed by atoms with Gasteiger partial charge in [-0.3, -0.25) is 4.57 Å². The number of carbonyl (C=O) groups excluding carboxylic acids is 1. The average molecular weight is 181 g/mol. The highest BCUT2D eigenvalue weighted by Gasteiger charge is 2.17. The van der Waals surface area contributed by atoms with Gasteiger partial charge in [-0.2, -0.15) is 0 Å². The van der Waals surface area contributed by atoms with E-state index in [4.69, 9.17) is 4.74 Å². The van der Waals surface area contributed by atoms with Crippen LogP contribution in [0.15, 0.2) is 18.7 Å². The Morgan fingerprint density at radius 2 is 2.62 bits per heavy atom. The van der Waals surface area contributed by atoms with Crippen LogP contribution >= 0.6 is 0 Å². The van der Waals surface area contributed by atoms with E-state index >= 15 is 0 Å². The fraction of sp³-hybridized carbons (Fsp3) is 0.500. The van der Waals surface area contributed by atoms with Gasteiger partial charge in [0.05, 0.1) is 12.6 Å². The predicted octanol–water partition coefficient (Wildman–Crippen LogP) is 0.230. The topological polar surface area (TPSA) is 56.1 Å². The molecule has 0 aromatic carbocycles. The summed E-state index contributed by atoms with van der Waals surface area (Å²) in [6.45, 7) is 1.34. The van der Waals surface area contributed by atoms with Crippen molar-refractivity contribution in [3.63, 3.8) is 0 Å². The Balaban J connectivity index is 1.91. The molecule has 70 valence electrons. The molecule has 1 aliphatic heterocycles. The Morgan fingerprint density at radius 3 is 3.23 bits per heavy atom. The summed E-state index contributed by atoms with van der Waals surface area (Å²) < 4.78 is 6.55. The second-order valence-electron chi connectivity index (χ2n) is 2.98. The number of aromatic nitrogens is 2. The number of ether oxygens (including phenoxy) is 1. The molecule has 2 rings (SSSR count). The van der Waals surface area contributed by atoms with Gasteiger partial charge in [0.2, 0.25) is 0 Å². The highest BCUT2D eigenvalue weighted by atomic mass is 16.5. The van der Waals surface area contributed by atoms with Crippen LogP contribution in [-0.2, 0) is 4.74 Å². The van der Waals surface area contributed by atoms with Crippen molar-refractivity contribution in [2.24, 2.45) is 0 Å². The van der Waals surface area contributed by atoms with Gasteiger partial charge in [-0.1, -0.05) is 0 Å². The van der Waals surface area contributed by atoms with E-state index in [0.29, 0.717) is 6.61 Å². The first-order chi connectivity index (χ1) is 6.36. The number of nitrogens with one attached hydrogen (secondary N) is 1. The number of carbonyl (C=O) groups is 1. The molecular weight excluding hydrogens is 170 g/mol. The number of rotatable bonds is 1. The van der Waals surface area contributed by atoms with Crippen molar-refractivity contribution in [2.75, 3.05) is 13.2 Å². The van der Waals surface area contributed by atoms with E-state index in [2.05, 4.69) is 10.3 Å². The summed E-state index contributed by atoms with van der Waals surface area (Å²) >= 11 is 0. The Hall–Kier alpha value is -1.36. The minimum Gasteiger partial charge on any atom is -0.379 e. The molecular formula is C8H11N3O2. The first-order valence-electron chi connectivity index (χ1n) is 4.23. The second-order valence-corrected chi connectivity index (χ2v) is 2.98. The van der Waals surface area contributed by atoms with Gasteiger partial charge in [-0.05, 0) is 6.42 Å².